The number of benzene rings is 3. The Hall–Kier alpha value is -3.28. The van der Waals surface area contributed by atoms with Gasteiger partial charge in [-0.05, 0) is 37.8 Å². The average molecular weight is 551 g/mol. The third-order valence-electron chi connectivity index (χ3n) is 7.43. The first-order chi connectivity index (χ1) is 19.5. The van der Waals surface area contributed by atoms with Gasteiger partial charge < -0.3 is 18.9 Å². The van der Waals surface area contributed by atoms with Crippen LogP contribution in [0.5, 0.6) is 11.5 Å². The van der Waals surface area contributed by atoms with Crippen LogP contribution in [0.3, 0.4) is 0 Å². The number of carbonyl (C=O) groups excluding carboxylic acids is 2. The van der Waals surface area contributed by atoms with Crippen molar-refractivity contribution in [3.63, 3.8) is 0 Å². The van der Waals surface area contributed by atoms with Gasteiger partial charge >= 0.3 is 12.3 Å². The molecule has 0 saturated carbocycles. The fraction of sp³-hybridized carbons (Fsp3) is 0.529. The molecule has 0 aliphatic heterocycles. The van der Waals surface area contributed by atoms with E-state index in [-0.39, 0.29) is 0 Å². The Morgan fingerprint density at radius 1 is 0.575 bits per heavy atom. The lowest BCUT2D eigenvalue weighted by atomic mass is 9.95. The monoisotopic (exact) mass is 550 g/mol. The summed E-state index contributed by atoms with van der Waals surface area (Å²) in [4.78, 5) is 25.5. The Kier molecular flexibility index (Phi) is 13.1. The molecular weight excluding hydrogens is 504 g/mol. The van der Waals surface area contributed by atoms with Gasteiger partial charge in [-0.25, -0.2) is 9.59 Å². The second kappa shape index (κ2) is 16.7. The van der Waals surface area contributed by atoms with E-state index in [0.29, 0.717) is 46.3 Å². The van der Waals surface area contributed by atoms with Gasteiger partial charge in [0.25, 0.3) is 0 Å². The molecular formula is C34H46O6. The molecule has 6 nitrogen and oxygen atoms in total. The number of hydrogen-bond acceptors (Lipinski definition) is 6. The minimum absolute atomic E-state index is 0.324. The zero-order chi connectivity index (χ0) is 28.7. The van der Waals surface area contributed by atoms with Crippen LogP contribution in [0, 0.1) is 13.8 Å². The topological polar surface area (TPSA) is 71.1 Å². The van der Waals surface area contributed by atoms with Gasteiger partial charge in [0.05, 0.1) is 13.2 Å². The molecule has 0 bridgehead atoms. The average Bonchev–Trinajstić information content (AvgIpc) is 2.95. The molecule has 0 N–H and O–H groups in total. The molecule has 0 aromatic heterocycles. The number of fused-ring (bicyclic) bond motifs is 2. The zero-order valence-corrected chi connectivity index (χ0v) is 24.8. The van der Waals surface area contributed by atoms with Crippen LogP contribution in [0.15, 0.2) is 36.4 Å². The van der Waals surface area contributed by atoms with Gasteiger partial charge in [0, 0.05) is 21.5 Å². The van der Waals surface area contributed by atoms with Crippen molar-refractivity contribution in [2.24, 2.45) is 0 Å². The van der Waals surface area contributed by atoms with Crippen molar-refractivity contribution in [1.82, 2.24) is 0 Å². The highest BCUT2D eigenvalue weighted by molar-refractivity contribution is 6.13. The molecule has 0 aliphatic carbocycles. The van der Waals surface area contributed by atoms with Gasteiger partial charge in [-0.2, -0.15) is 0 Å². The smallest absolute Gasteiger partial charge is 0.434 e. The first-order valence-corrected chi connectivity index (χ1v) is 15.1. The summed E-state index contributed by atoms with van der Waals surface area (Å²) in [5.74, 6) is 0.807. The van der Waals surface area contributed by atoms with Crippen LogP contribution in [0.25, 0.3) is 21.5 Å². The van der Waals surface area contributed by atoms with Crippen molar-refractivity contribution in [1.29, 1.82) is 0 Å². The maximum absolute atomic E-state index is 12.8. The van der Waals surface area contributed by atoms with Gasteiger partial charge in [-0.15, -0.1) is 0 Å². The molecule has 3 aromatic carbocycles. The first-order valence-electron chi connectivity index (χ1n) is 15.1. The molecule has 0 atom stereocenters. The molecule has 0 saturated heterocycles. The molecule has 0 spiro atoms. The largest absolute Gasteiger partial charge is 0.513 e. The molecule has 0 radical (unpaired) electrons. The summed E-state index contributed by atoms with van der Waals surface area (Å²) in [7, 11) is 0. The normalized spacial score (nSPS) is 11.1. The molecule has 0 fully saturated rings. The van der Waals surface area contributed by atoms with E-state index in [1.807, 2.05) is 50.2 Å². The van der Waals surface area contributed by atoms with Crippen LogP contribution < -0.4 is 9.47 Å². The third-order valence-corrected chi connectivity index (χ3v) is 7.43. The summed E-state index contributed by atoms with van der Waals surface area (Å²) in [6.45, 7) is 9.00. The second-order valence-corrected chi connectivity index (χ2v) is 10.6. The highest BCUT2D eigenvalue weighted by atomic mass is 16.7. The van der Waals surface area contributed by atoms with E-state index in [1.165, 1.54) is 38.5 Å². The quantitative estimate of drug-likeness (QED) is 0.0764. The second-order valence-electron chi connectivity index (χ2n) is 10.6. The summed E-state index contributed by atoms with van der Waals surface area (Å²) in [5.41, 5.74) is 1.97. The van der Waals surface area contributed by atoms with E-state index in [9.17, 15) is 9.59 Å². The highest BCUT2D eigenvalue weighted by Gasteiger charge is 2.23. The lowest BCUT2D eigenvalue weighted by molar-refractivity contribution is 0.0965. The number of unbranched alkanes of at least 4 members (excludes halogenated alkanes) is 10. The Morgan fingerprint density at radius 3 is 1.60 bits per heavy atom. The summed E-state index contributed by atoms with van der Waals surface area (Å²) in [6.07, 6.45) is 11.8. The van der Waals surface area contributed by atoms with Crippen molar-refractivity contribution in [3.8, 4) is 11.5 Å². The SMILES string of the molecule is CCCCCCCCOC(=O)Oc1c2ccccc2c(OC(=O)OCCCCCCCC)c2c(C)c(C)ccc12. The Morgan fingerprint density at radius 2 is 1.05 bits per heavy atom. The van der Waals surface area contributed by atoms with E-state index in [0.717, 1.165) is 49.7 Å². The van der Waals surface area contributed by atoms with E-state index < -0.39 is 12.3 Å². The van der Waals surface area contributed by atoms with Crippen LogP contribution in [-0.4, -0.2) is 25.5 Å². The van der Waals surface area contributed by atoms with Crippen molar-refractivity contribution in [3.05, 3.63) is 47.5 Å². The van der Waals surface area contributed by atoms with Gasteiger partial charge in [0.2, 0.25) is 0 Å². The van der Waals surface area contributed by atoms with Crippen molar-refractivity contribution in [2.75, 3.05) is 13.2 Å². The Bertz CT molecular complexity index is 1250. The molecule has 3 aromatic rings. The zero-order valence-electron chi connectivity index (χ0n) is 24.8. The summed E-state index contributed by atoms with van der Waals surface area (Å²) < 4.78 is 22.5. The van der Waals surface area contributed by atoms with E-state index in [4.69, 9.17) is 18.9 Å². The van der Waals surface area contributed by atoms with Crippen molar-refractivity contribution < 1.29 is 28.5 Å². The number of rotatable bonds is 16. The van der Waals surface area contributed by atoms with Crippen LogP contribution in [0.4, 0.5) is 9.59 Å². The minimum Gasteiger partial charge on any atom is -0.434 e. The molecule has 0 unspecified atom stereocenters. The van der Waals surface area contributed by atoms with E-state index in [1.54, 1.807) is 0 Å². The van der Waals surface area contributed by atoms with Crippen LogP contribution in [0.1, 0.15) is 102 Å². The standard InChI is InChI=1S/C34H46O6/c1-5-7-9-11-13-17-23-37-33(35)39-31-27-19-15-16-20-28(27)32(30-26(4)25(3)21-22-29(30)31)40-34(36)38-24-18-14-12-10-8-6-2/h15-16,19-22H,5-14,17-18,23-24H2,1-4H3. The predicted octanol–water partition coefficient (Wildman–Crippen LogP) is 10.4. The number of aryl methyl sites for hydroxylation is 2. The van der Waals surface area contributed by atoms with E-state index in [2.05, 4.69) is 13.8 Å². The molecule has 0 heterocycles. The molecule has 218 valence electrons. The van der Waals surface area contributed by atoms with Crippen molar-refractivity contribution >= 4 is 33.9 Å². The Labute approximate surface area is 239 Å². The molecule has 40 heavy (non-hydrogen) atoms. The molecule has 3 rings (SSSR count). The molecule has 0 amide bonds. The summed E-state index contributed by atoms with van der Waals surface area (Å²) >= 11 is 0. The predicted molar refractivity (Wildman–Crippen MR) is 162 cm³/mol. The maximum atomic E-state index is 12.8. The first kappa shape index (κ1) is 31.3. The number of ether oxygens (including phenoxy) is 4. The lowest BCUT2D eigenvalue weighted by Crippen LogP contribution is -2.14. The third kappa shape index (κ3) is 8.87. The van der Waals surface area contributed by atoms with Gasteiger partial charge in [-0.3, -0.25) is 0 Å². The summed E-state index contributed by atoms with van der Waals surface area (Å²) in [6, 6.07) is 11.3. The number of carbonyl (C=O) groups is 2. The van der Waals surface area contributed by atoms with Gasteiger partial charge in [0.15, 0.2) is 5.75 Å². The minimum atomic E-state index is -0.731. The molecule has 6 heteroatoms. The van der Waals surface area contributed by atoms with Gasteiger partial charge in [0.1, 0.15) is 5.75 Å². The maximum Gasteiger partial charge on any atom is 0.513 e. The highest BCUT2D eigenvalue weighted by Crippen LogP contribution is 2.45. The van der Waals surface area contributed by atoms with Crippen LogP contribution in [-0.2, 0) is 9.47 Å². The fourth-order valence-electron chi connectivity index (χ4n) is 4.97. The number of hydrogen-bond donors (Lipinski definition) is 0. The van der Waals surface area contributed by atoms with Crippen LogP contribution in [0.2, 0.25) is 0 Å². The lowest BCUT2D eigenvalue weighted by Gasteiger charge is -2.18. The summed E-state index contributed by atoms with van der Waals surface area (Å²) in [5, 5.41) is 2.72. The van der Waals surface area contributed by atoms with E-state index >= 15 is 0 Å². The van der Waals surface area contributed by atoms with Crippen molar-refractivity contribution in [2.45, 2.75) is 105 Å². The fourth-order valence-corrected chi connectivity index (χ4v) is 4.97. The van der Waals surface area contributed by atoms with Gasteiger partial charge in [-0.1, -0.05) is 114 Å². The van der Waals surface area contributed by atoms with Crippen LogP contribution >= 0.6 is 0 Å². The molecule has 0 aliphatic rings. The Balaban J connectivity index is 1.79.